The largest absolute Gasteiger partial charge is 0.355 e. The van der Waals surface area contributed by atoms with Crippen molar-refractivity contribution in [2.45, 2.75) is 25.2 Å². The Balaban J connectivity index is 1.82. The SMILES string of the molecule is CC(C)CCNC(=O)CN1C(=O)/C(=C/c2ccccc2)Sc2ccccc21. The van der Waals surface area contributed by atoms with Crippen molar-refractivity contribution in [3.05, 3.63) is 65.1 Å². The molecule has 4 nitrogen and oxygen atoms in total. The number of hydrogen-bond acceptors (Lipinski definition) is 3. The monoisotopic (exact) mass is 380 g/mol. The van der Waals surface area contributed by atoms with Crippen LogP contribution in [0.2, 0.25) is 0 Å². The number of fused-ring (bicyclic) bond motifs is 1. The molecule has 1 heterocycles. The van der Waals surface area contributed by atoms with Crippen LogP contribution < -0.4 is 10.2 Å². The number of para-hydroxylation sites is 1. The number of carbonyl (C=O) groups excluding carboxylic acids is 2. The minimum absolute atomic E-state index is 0.0284. The fourth-order valence-corrected chi connectivity index (χ4v) is 3.88. The van der Waals surface area contributed by atoms with Crippen LogP contribution in [0.3, 0.4) is 0 Å². The highest BCUT2D eigenvalue weighted by atomic mass is 32.2. The lowest BCUT2D eigenvalue weighted by molar-refractivity contribution is -0.122. The van der Waals surface area contributed by atoms with E-state index in [4.69, 9.17) is 0 Å². The Hall–Kier alpha value is -2.53. The summed E-state index contributed by atoms with van der Waals surface area (Å²) in [4.78, 5) is 28.6. The van der Waals surface area contributed by atoms with Crippen molar-refractivity contribution in [2.24, 2.45) is 5.92 Å². The van der Waals surface area contributed by atoms with Crippen LogP contribution >= 0.6 is 11.8 Å². The first-order valence-corrected chi connectivity index (χ1v) is 9.98. The molecule has 0 bridgehead atoms. The zero-order valence-corrected chi connectivity index (χ0v) is 16.5. The molecule has 27 heavy (non-hydrogen) atoms. The van der Waals surface area contributed by atoms with Crippen LogP contribution in [-0.4, -0.2) is 24.9 Å². The van der Waals surface area contributed by atoms with Gasteiger partial charge in [0, 0.05) is 11.4 Å². The fourth-order valence-electron chi connectivity index (χ4n) is 2.82. The van der Waals surface area contributed by atoms with E-state index in [-0.39, 0.29) is 18.4 Å². The molecule has 0 aliphatic carbocycles. The van der Waals surface area contributed by atoms with Crippen molar-refractivity contribution in [3.63, 3.8) is 0 Å². The first kappa shape index (κ1) is 19.2. The fraction of sp³-hybridized carbons (Fsp3) is 0.273. The molecule has 2 amide bonds. The van der Waals surface area contributed by atoms with E-state index < -0.39 is 0 Å². The van der Waals surface area contributed by atoms with Gasteiger partial charge in [0.2, 0.25) is 5.91 Å². The molecule has 0 unspecified atom stereocenters. The molecule has 3 rings (SSSR count). The molecule has 140 valence electrons. The van der Waals surface area contributed by atoms with Gasteiger partial charge in [-0.05, 0) is 36.1 Å². The van der Waals surface area contributed by atoms with Crippen LogP contribution in [0.1, 0.15) is 25.8 Å². The molecule has 1 aliphatic rings. The highest BCUT2D eigenvalue weighted by Crippen LogP contribution is 2.41. The van der Waals surface area contributed by atoms with Crippen molar-refractivity contribution in [1.29, 1.82) is 0 Å². The number of benzene rings is 2. The molecule has 5 heteroatoms. The molecular weight excluding hydrogens is 356 g/mol. The number of carbonyl (C=O) groups is 2. The second kappa shape index (κ2) is 8.91. The first-order chi connectivity index (χ1) is 13.0. The number of anilines is 1. The maximum absolute atomic E-state index is 13.1. The Morgan fingerprint density at radius 1 is 1.11 bits per heavy atom. The van der Waals surface area contributed by atoms with E-state index in [9.17, 15) is 9.59 Å². The Kier molecular flexibility index (Phi) is 6.35. The lowest BCUT2D eigenvalue weighted by atomic mass is 10.1. The van der Waals surface area contributed by atoms with Gasteiger partial charge in [0.15, 0.2) is 0 Å². The maximum atomic E-state index is 13.1. The zero-order valence-electron chi connectivity index (χ0n) is 15.6. The van der Waals surface area contributed by atoms with Gasteiger partial charge >= 0.3 is 0 Å². The molecule has 0 fully saturated rings. The predicted molar refractivity (Wildman–Crippen MR) is 112 cm³/mol. The van der Waals surface area contributed by atoms with Gasteiger partial charge in [0.1, 0.15) is 6.54 Å². The minimum atomic E-state index is -0.137. The molecule has 0 saturated heterocycles. The molecule has 0 aromatic heterocycles. The van der Waals surface area contributed by atoms with Crippen LogP contribution in [0, 0.1) is 5.92 Å². The summed E-state index contributed by atoms with van der Waals surface area (Å²) < 4.78 is 0. The molecule has 0 atom stereocenters. The number of amides is 2. The van der Waals surface area contributed by atoms with Crippen molar-refractivity contribution in [3.8, 4) is 0 Å². The zero-order chi connectivity index (χ0) is 19.2. The van der Waals surface area contributed by atoms with E-state index in [1.807, 2.05) is 60.7 Å². The molecule has 0 saturated carbocycles. The van der Waals surface area contributed by atoms with Crippen LogP contribution in [0.25, 0.3) is 6.08 Å². The number of nitrogens with zero attached hydrogens (tertiary/aromatic N) is 1. The van der Waals surface area contributed by atoms with Crippen molar-refractivity contribution < 1.29 is 9.59 Å². The summed E-state index contributed by atoms with van der Waals surface area (Å²) in [5, 5.41) is 2.92. The minimum Gasteiger partial charge on any atom is -0.355 e. The normalized spacial score (nSPS) is 15.1. The van der Waals surface area contributed by atoms with E-state index in [2.05, 4.69) is 19.2 Å². The summed E-state index contributed by atoms with van der Waals surface area (Å²) in [6.07, 6.45) is 2.80. The number of thioether (sulfide) groups is 1. The standard InChI is InChI=1S/C22H24N2O2S/c1-16(2)12-13-23-21(25)15-24-18-10-6-7-11-19(18)27-20(22(24)26)14-17-8-4-3-5-9-17/h3-11,14,16H,12-13,15H2,1-2H3,(H,23,25)/b20-14-. The smallest absolute Gasteiger partial charge is 0.265 e. The van der Waals surface area contributed by atoms with Crippen LogP contribution in [0.4, 0.5) is 5.69 Å². The van der Waals surface area contributed by atoms with Crippen molar-refractivity contribution in [1.82, 2.24) is 5.32 Å². The van der Waals surface area contributed by atoms with E-state index in [1.54, 1.807) is 4.90 Å². The molecule has 1 aliphatic heterocycles. The maximum Gasteiger partial charge on any atom is 0.265 e. The van der Waals surface area contributed by atoms with E-state index in [1.165, 1.54) is 11.8 Å². The summed E-state index contributed by atoms with van der Waals surface area (Å²) in [5.41, 5.74) is 1.76. The van der Waals surface area contributed by atoms with Gasteiger partial charge < -0.3 is 5.32 Å². The van der Waals surface area contributed by atoms with Gasteiger partial charge in [-0.1, -0.05) is 68.1 Å². The van der Waals surface area contributed by atoms with Gasteiger partial charge in [0.25, 0.3) is 5.91 Å². The predicted octanol–water partition coefficient (Wildman–Crippen LogP) is 4.33. The van der Waals surface area contributed by atoms with Crippen molar-refractivity contribution in [2.75, 3.05) is 18.0 Å². The van der Waals surface area contributed by atoms with Gasteiger partial charge in [-0.2, -0.15) is 0 Å². The van der Waals surface area contributed by atoms with Crippen molar-refractivity contribution >= 4 is 35.3 Å². The van der Waals surface area contributed by atoms with E-state index in [0.29, 0.717) is 17.4 Å². The lowest BCUT2D eigenvalue weighted by Gasteiger charge is -2.29. The quantitative estimate of drug-likeness (QED) is 0.759. The molecule has 0 radical (unpaired) electrons. The van der Waals surface area contributed by atoms with Crippen LogP contribution in [0.5, 0.6) is 0 Å². The topological polar surface area (TPSA) is 49.4 Å². The van der Waals surface area contributed by atoms with E-state index in [0.717, 1.165) is 22.6 Å². The Labute approximate surface area is 164 Å². The third-order valence-electron chi connectivity index (χ3n) is 4.27. The average molecular weight is 381 g/mol. The molecule has 1 N–H and O–H groups in total. The highest BCUT2D eigenvalue weighted by molar-refractivity contribution is 8.04. The summed E-state index contributed by atoms with van der Waals surface area (Å²) >= 11 is 1.45. The Morgan fingerprint density at radius 3 is 2.56 bits per heavy atom. The number of nitrogens with one attached hydrogen (secondary N) is 1. The third kappa shape index (κ3) is 5.01. The summed E-state index contributed by atoms with van der Waals surface area (Å²) in [6.45, 7) is 4.89. The third-order valence-corrected chi connectivity index (χ3v) is 5.35. The van der Waals surface area contributed by atoms with Gasteiger partial charge in [-0.15, -0.1) is 0 Å². The highest BCUT2D eigenvalue weighted by Gasteiger charge is 2.30. The first-order valence-electron chi connectivity index (χ1n) is 9.17. The second-order valence-corrected chi connectivity index (χ2v) is 8.00. The van der Waals surface area contributed by atoms with Crippen LogP contribution in [0.15, 0.2) is 64.4 Å². The number of rotatable bonds is 6. The lowest BCUT2D eigenvalue weighted by Crippen LogP contribution is -2.43. The van der Waals surface area contributed by atoms with Gasteiger partial charge in [0.05, 0.1) is 10.6 Å². The van der Waals surface area contributed by atoms with Crippen LogP contribution in [-0.2, 0) is 9.59 Å². The average Bonchev–Trinajstić information content (AvgIpc) is 2.65. The summed E-state index contributed by atoms with van der Waals surface area (Å²) in [7, 11) is 0. The summed E-state index contributed by atoms with van der Waals surface area (Å²) in [5.74, 6) is 0.255. The van der Waals surface area contributed by atoms with Gasteiger partial charge in [-0.25, -0.2) is 0 Å². The van der Waals surface area contributed by atoms with E-state index >= 15 is 0 Å². The summed E-state index contributed by atoms with van der Waals surface area (Å²) in [6, 6.07) is 17.5. The molecule has 0 spiro atoms. The second-order valence-electron chi connectivity index (χ2n) is 6.91. The van der Waals surface area contributed by atoms with Gasteiger partial charge in [-0.3, -0.25) is 14.5 Å². The Bertz CT molecular complexity index is 846. The molecule has 2 aromatic carbocycles. The Morgan fingerprint density at radius 2 is 1.81 bits per heavy atom. The molecular formula is C22H24N2O2S. The number of hydrogen-bond donors (Lipinski definition) is 1. The molecule has 2 aromatic rings.